The van der Waals surface area contributed by atoms with Crippen molar-refractivity contribution in [1.82, 2.24) is 10.2 Å². The minimum absolute atomic E-state index is 0.316. The topological polar surface area (TPSA) is 32.3 Å². The van der Waals surface area contributed by atoms with E-state index in [4.69, 9.17) is 0 Å². The summed E-state index contributed by atoms with van der Waals surface area (Å²) in [6, 6.07) is 10.9. The number of rotatable bonds is 3. The number of nitrogens with one attached hydrogen (secondary N) is 1. The van der Waals surface area contributed by atoms with Crippen molar-refractivity contribution < 1.29 is 4.79 Å². The van der Waals surface area contributed by atoms with Crippen molar-refractivity contribution in [2.75, 3.05) is 20.1 Å². The van der Waals surface area contributed by atoms with Crippen LogP contribution in [0.1, 0.15) is 44.1 Å². The highest BCUT2D eigenvalue weighted by atomic mass is 16.2. The van der Waals surface area contributed by atoms with E-state index in [2.05, 4.69) is 34.5 Å². The Labute approximate surface area is 127 Å². The van der Waals surface area contributed by atoms with Crippen molar-refractivity contribution in [2.45, 2.75) is 50.0 Å². The number of hydrogen-bond acceptors (Lipinski definition) is 2. The molecule has 1 aromatic rings. The van der Waals surface area contributed by atoms with Crippen LogP contribution in [0.3, 0.4) is 0 Å². The lowest BCUT2D eigenvalue weighted by Crippen LogP contribution is -2.53. The number of carbonyl (C=O) groups excluding carboxylic acids is 1. The molecule has 0 unspecified atom stereocenters. The summed E-state index contributed by atoms with van der Waals surface area (Å²) in [6.07, 6.45) is 6.70. The zero-order valence-electron chi connectivity index (χ0n) is 13.0. The van der Waals surface area contributed by atoms with Gasteiger partial charge in [-0.2, -0.15) is 0 Å². The number of piperidine rings is 1. The SMILES string of the molecule is CN(C(=O)C1(c2ccccc2)CCNCC1)C1CCCC1. The normalized spacial score (nSPS) is 22.1. The van der Waals surface area contributed by atoms with Crippen LogP contribution in [0.4, 0.5) is 0 Å². The molecule has 21 heavy (non-hydrogen) atoms. The van der Waals surface area contributed by atoms with Crippen LogP contribution in [-0.2, 0) is 10.2 Å². The van der Waals surface area contributed by atoms with Gasteiger partial charge < -0.3 is 10.2 Å². The molecule has 0 bridgehead atoms. The van der Waals surface area contributed by atoms with Crippen LogP contribution in [0.5, 0.6) is 0 Å². The van der Waals surface area contributed by atoms with E-state index in [1.807, 2.05) is 13.1 Å². The average Bonchev–Trinajstić information content (AvgIpc) is 3.09. The minimum Gasteiger partial charge on any atom is -0.342 e. The molecule has 2 fully saturated rings. The maximum absolute atomic E-state index is 13.3. The van der Waals surface area contributed by atoms with E-state index in [-0.39, 0.29) is 5.41 Å². The van der Waals surface area contributed by atoms with Crippen LogP contribution >= 0.6 is 0 Å². The summed E-state index contributed by atoms with van der Waals surface area (Å²) in [7, 11) is 2.02. The smallest absolute Gasteiger partial charge is 0.233 e. The second kappa shape index (κ2) is 6.18. The number of amides is 1. The molecule has 1 aliphatic heterocycles. The number of likely N-dealkylation sites (N-methyl/N-ethyl adjacent to an activating group) is 1. The van der Waals surface area contributed by atoms with Crippen LogP contribution in [-0.4, -0.2) is 37.0 Å². The quantitative estimate of drug-likeness (QED) is 0.926. The molecule has 1 N–H and O–H groups in total. The highest BCUT2D eigenvalue weighted by molar-refractivity contribution is 5.88. The van der Waals surface area contributed by atoms with Gasteiger partial charge in [-0.15, -0.1) is 0 Å². The Balaban J connectivity index is 1.89. The molecule has 1 saturated carbocycles. The Bertz CT molecular complexity index is 473. The van der Waals surface area contributed by atoms with E-state index >= 15 is 0 Å². The molecule has 1 heterocycles. The number of carbonyl (C=O) groups is 1. The van der Waals surface area contributed by atoms with Gasteiger partial charge in [-0.1, -0.05) is 43.2 Å². The third kappa shape index (κ3) is 2.71. The lowest BCUT2D eigenvalue weighted by Gasteiger charge is -2.41. The summed E-state index contributed by atoms with van der Waals surface area (Å²) < 4.78 is 0. The molecule has 1 amide bonds. The molecule has 1 saturated heterocycles. The first-order valence-electron chi connectivity index (χ1n) is 8.27. The molecule has 0 radical (unpaired) electrons. The maximum atomic E-state index is 13.3. The molecule has 0 spiro atoms. The van der Waals surface area contributed by atoms with Crippen LogP contribution in [0.25, 0.3) is 0 Å². The van der Waals surface area contributed by atoms with Gasteiger partial charge in [0.15, 0.2) is 0 Å². The Hall–Kier alpha value is -1.35. The molecule has 1 aliphatic carbocycles. The average molecular weight is 286 g/mol. The van der Waals surface area contributed by atoms with E-state index in [1.165, 1.54) is 31.2 Å². The Kier molecular flexibility index (Phi) is 4.29. The van der Waals surface area contributed by atoms with E-state index in [0.29, 0.717) is 11.9 Å². The highest BCUT2D eigenvalue weighted by Crippen LogP contribution is 2.37. The Morgan fingerprint density at radius 1 is 1.14 bits per heavy atom. The molecule has 3 rings (SSSR count). The molecule has 1 aromatic carbocycles. The van der Waals surface area contributed by atoms with Gasteiger partial charge in [-0.25, -0.2) is 0 Å². The summed E-state index contributed by atoms with van der Waals surface area (Å²) in [5, 5.41) is 3.40. The van der Waals surface area contributed by atoms with Crippen LogP contribution in [0, 0.1) is 0 Å². The van der Waals surface area contributed by atoms with Gasteiger partial charge in [0.05, 0.1) is 5.41 Å². The predicted octanol–water partition coefficient (Wildman–Crippen LogP) is 2.71. The van der Waals surface area contributed by atoms with Gasteiger partial charge in [0, 0.05) is 13.1 Å². The number of nitrogens with zero attached hydrogens (tertiary/aromatic N) is 1. The molecule has 3 heteroatoms. The van der Waals surface area contributed by atoms with E-state index < -0.39 is 0 Å². The highest BCUT2D eigenvalue weighted by Gasteiger charge is 2.44. The standard InChI is InChI=1S/C18H26N2O/c1-20(16-9-5-6-10-16)17(21)18(11-13-19-14-12-18)15-7-3-2-4-8-15/h2-4,7-8,16,19H,5-6,9-14H2,1H3. The third-order valence-electron chi connectivity index (χ3n) is 5.39. The lowest BCUT2D eigenvalue weighted by atomic mass is 9.72. The van der Waals surface area contributed by atoms with Crippen molar-refractivity contribution in [3.8, 4) is 0 Å². The van der Waals surface area contributed by atoms with Gasteiger partial charge in [0.2, 0.25) is 5.91 Å². The fourth-order valence-electron chi connectivity index (χ4n) is 4.03. The maximum Gasteiger partial charge on any atom is 0.233 e. The van der Waals surface area contributed by atoms with Gasteiger partial charge >= 0.3 is 0 Å². The van der Waals surface area contributed by atoms with E-state index in [9.17, 15) is 4.79 Å². The predicted molar refractivity (Wildman–Crippen MR) is 85.2 cm³/mol. The zero-order valence-corrected chi connectivity index (χ0v) is 13.0. The van der Waals surface area contributed by atoms with Crippen molar-refractivity contribution in [3.05, 3.63) is 35.9 Å². The van der Waals surface area contributed by atoms with Gasteiger partial charge in [0.1, 0.15) is 0 Å². The van der Waals surface area contributed by atoms with Gasteiger partial charge in [-0.3, -0.25) is 4.79 Å². The largest absolute Gasteiger partial charge is 0.342 e. The van der Waals surface area contributed by atoms with Crippen molar-refractivity contribution in [3.63, 3.8) is 0 Å². The second-order valence-corrected chi connectivity index (χ2v) is 6.55. The first-order valence-corrected chi connectivity index (χ1v) is 8.27. The summed E-state index contributed by atoms with van der Waals surface area (Å²) in [5.74, 6) is 0.335. The van der Waals surface area contributed by atoms with Crippen molar-refractivity contribution >= 4 is 5.91 Å². The Morgan fingerprint density at radius 2 is 1.76 bits per heavy atom. The monoisotopic (exact) mass is 286 g/mol. The first-order chi connectivity index (χ1) is 10.2. The van der Waals surface area contributed by atoms with Gasteiger partial charge in [0.25, 0.3) is 0 Å². The molecule has 0 aromatic heterocycles. The summed E-state index contributed by atoms with van der Waals surface area (Å²) in [5.41, 5.74) is 0.880. The summed E-state index contributed by atoms with van der Waals surface area (Å²) in [4.78, 5) is 15.4. The fourth-order valence-corrected chi connectivity index (χ4v) is 4.03. The van der Waals surface area contributed by atoms with Crippen molar-refractivity contribution in [2.24, 2.45) is 0 Å². The summed E-state index contributed by atoms with van der Waals surface area (Å²) >= 11 is 0. The van der Waals surface area contributed by atoms with Crippen LogP contribution in [0.15, 0.2) is 30.3 Å². The third-order valence-corrected chi connectivity index (χ3v) is 5.39. The zero-order chi connectivity index (χ0) is 14.7. The van der Waals surface area contributed by atoms with Crippen molar-refractivity contribution in [1.29, 1.82) is 0 Å². The lowest BCUT2D eigenvalue weighted by molar-refractivity contribution is -0.139. The van der Waals surface area contributed by atoms with Crippen LogP contribution in [0.2, 0.25) is 0 Å². The molecular weight excluding hydrogens is 260 g/mol. The molecule has 114 valence electrons. The first kappa shape index (κ1) is 14.6. The molecule has 2 aliphatic rings. The van der Waals surface area contributed by atoms with E-state index in [0.717, 1.165) is 25.9 Å². The fraction of sp³-hybridized carbons (Fsp3) is 0.611. The second-order valence-electron chi connectivity index (χ2n) is 6.55. The van der Waals surface area contributed by atoms with E-state index in [1.54, 1.807) is 0 Å². The van der Waals surface area contributed by atoms with Gasteiger partial charge in [-0.05, 0) is 44.3 Å². The number of benzene rings is 1. The molecule has 3 nitrogen and oxygen atoms in total. The summed E-state index contributed by atoms with van der Waals surface area (Å²) in [6.45, 7) is 1.86. The minimum atomic E-state index is -0.316. The molecular formula is C18H26N2O. The number of hydrogen-bond donors (Lipinski definition) is 1. The Morgan fingerprint density at radius 3 is 2.38 bits per heavy atom. The molecule has 0 atom stereocenters. The van der Waals surface area contributed by atoms with Crippen LogP contribution < -0.4 is 5.32 Å².